The van der Waals surface area contributed by atoms with E-state index in [1.165, 1.54) is 0 Å². The summed E-state index contributed by atoms with van der Waals surface area (Å²) >= 11 is 0. The molecule has 170 valence electrons. The maximum atomic E-state index is 10.4. The largest absolute Gasteiger partial charge is 0.508 e. The van der Waals surface area contributed by atoms with Crippen molar-refractivity contribution in [3.05, 3.63) is 82.4 Å². The van der Waals surface area contributed by atoms with E-state index >= 15 is 0 Å². The summed E-state index contributed by atoms with van der Waals surface area (Å²) in [5.41, 5.74) is 4.69. The van der Waals surface area contributed by atoms with Crippen molar-refractivity contribution in [2.75, 3.05) is 6.61 Å². The molecule has 32 heavy (non-hydrogen) atoms. The zero-order chi connectivity index (χ0) is 23.4. The van der Waals surface area contributed by atoms with Gasteiger partial charge in [-0.3, -0.25) is 0 Å². The van der Waals surface area contributed by atoms with E-state index in [1.54, 1.807) is 18.2 Å². The molecule has 3 aromatic rings. The van der Waals surface area contributed by atoms with Gasteiger partial charge in [-0.05, 0) is 70.8 Å². The summed E-state index contributed by atoms with van der Waals surface area (Å²) in [6.07, 6.45) is 0. The zero-order valence-corrected chi connectivity index (χ0v) is 19.3. The predicted octanol–water partition coefficient (Wildman–Crippen LogP) is 6.78. The molecule has 0 radical (unpaired) electrons. The highest BCUT2D eigenvalue weighted by Crippen LogP contribution is 2.41. The van der Waals surface area contributed by atoms with Gasteiger partial charge in [0.25, 0.3) is 0 Å². The molecular formula is C27H32O5. The fourth-order valence-electron chi connectivity index (χ4n) is 4.06. The fraction of sp³-hybridized carbons (Fsp3) is 0.333. The van der Waals surface area contributed by atoms with E-state index in [2.05, 4.69) is 4.89 Å². The Kier molecular flexibility index (Phi) is 7.31. The number of hydrogen-bond acceptors (Lipinski definition) is 5. The third kappa shape index (κ3) is 4.83. The number of rotatable bonds is 8. The van der Waals surface area contributed by atoms with Crippen molar-refractivity contribution in [3.63, 3.8) is 0 Å². The Balaban J connectivity index is 2.25. The molecule has 0 aromatic heterocycles. The van der Waals surface area contributed by atoms with Crippen LogP contribution >= 0.6 is 0 Å². The molecule has 5 nitrogen and oxygen atoms in total. The highest BCUT2D eigenvalue weighted by atomic mass is 17.1. The Labute approximate surface area is 189 Å². The number of aromatic hydroxyl groups is 2. The summed E-state index contributed by atoms with van der Waals surface area (Å²) in [5.74, 6) is 1.37. The second-order valence-electron chi connectivity index (χ2n) is 8.61. The van der Waals surface area contributed by atoms with Crippen LogP contribution in [0.15, 0.2) is 54.6 Å². The van der Waals surface area contributed by atoms with Crippen LogP contribution in [0.4, 0.5) is 0 Å². The van der Waals surface area contributed by atoms with Crippen LogP contribution in [0.25, 0.3) is 0 Å². The van der Waals surface area contributed by atoms with Gasteiger partial charge in [0.2, 0.25) is 5.75 Å². The minimum Gasteiger partial charge on any atom is -0.508 e. The normalized spacial score (nSPS) is 11.4. The van der Waals surface area contributed by atoms with Gasteiger partial charge in [0.1, 0.15) is 11.5 Å². The Bertz CT molecular complexity index is 1010. The van der Waals surface area contributed by atoms with Crippen LogP contribution in [-0.2, 0) is 0 Å². The molecule has 0 aliphatic rings. The van der Waals surface area contributed by atoms with Gasteiger partial charge in [-0.2, -0.15) is 0 Å². The molecule has 0 amide bonds. The molecule has 0 fully saturated rings. The van der Waals surface area contributed by atoms with Crippen LogP contribution in [0.5, 0.6) is 23.0 Å². The van der Waals surface area contributed by atoms with Gasteiger partial charge < -0.3 is 19.8 Å². The van der Waals surface area contributed by atoms with Gasteiger partial charge in [0.15, 0.2) is 5.75 Å². The minimum atomic E-state index is -0.182. The Hall–Kier alpha value is -3.18. The molecule has 5 heteroatoms. The quantitative estimate of drug-likeness (QED) is 0.206. The lowest BCUT2D eigenvalue weighted by atomic mass is 9.82. The van der Waals surface area contributed by atoms with E-state index in [0.717, 1.165) is 27.8 Å². The predicted molar refractivity (Wildman–Crippen MR) is 126 cm³/mol. The molecule has 3 N–H and O–H groups in total. The van der Waals surface area contributed by atoms with Crippen molar-refractivity contribution < 1.29 is 25.1 Å². The Morgan fingerprint density at radius 3 is 1.59 bits per heavy atom. The van der Waals surface area contributed by atoms with Crippen LogP contribution in [0.2, 0.25) is 0 Å². The van der Waals surface area contributed by atoms with Crippen LogP contribution in [-0.4, -0.2) is 22.1 Å². The standard InChI is InChI=1S/C27H32O5/c1-6-31-26-15-20(9-12-25(26)32-30)27(18-7-10-23(28)21(13-18)16(2)3)19-8-11-24(29)22(14-19)17(4)5/h7-17,27-30H,6H2,1-5H3. The maximum Gasteiger partial charge on any atom is 0.206 e. The minimum absolute atomic E-state index is 0.158. The van der Waals surface area contributed by atoms with Gasteiger partial charge >= 0.3 is 0 Å². The fourth-order valence-corrected chi connectivity index (χ4v) is 4.06. The lowest BCUT2D eigenvalue weighted by Crippen LogP contribution is -2.07. The molecule has 0 spiro atoms. The Morgan fingerprint density at radius 1 is 0.688 bits per heavy atom. The number of ether oxygens (including phenoxy) is 1. The summed E-state index contributed by atoms with van der Waals surface area (Å²) in [5, 5.41) is 30.0. The summed E-state index contributed by atoms with van der Waals surface area (Å²) in [6, 6.07) is 16.8. The average Bonchev–Trinajstić information content (AvgIpc) is 2.76. The molecule has 0 aliphatic carbocycles. The lowest BCUT2D eigenvalue weighted by molar-refractivity contribution is -0.139. The number of phenolic OH excluding ortho intramolecular Hbond substituents is 2. The third-order valence-electron chi connectivity index (χ3n) is 5.71. The summed E-state index contributed by atoms with van der Waals surface area (Å²) in [6.45, 7) is 10.5. The number of benzene rings is 3. The molecule has 0 saturated heterocycles. The molecule has 0 atom stereocenters. The maximum absolute atomic E-state index is 10.4. The first-order valence-electron chi connectivity index (χ1n) is 11.0. The van der Waals surface area contributed by atoms with Crippen LogP contribution in [0.3, 0.4) is 0 Å². The second kappa shape index (κ2) is 9.96. The van der Waals surface area contributed by atoms with Crippen LogP contribution < -0.4 is 9.62 Å². The zero-order valence-electron chi connectivity index (χ0n) is 19.3. The van der Waals surface area contributed by atoms with Gasteiger partial charge in [-0.15, -0.1) is 0 Å². The summed E-state index contributed by atoms with van der Waals surface area (Å²) < 4.78 is 5.69. The first-order chi connectivity index (χ1) is 15.3. The van der Waals surface area contributed by atoms with Gasteiger partial charge in [0.05, 0.1) is 6.61 Å². The number of hydrogen-bond donors (Lipinski definition) is 3. The highest BCUT2D eigenvalue weighted by Gasteiger charge is 2.22. The lowest BCUT2D eigenvalue weighted by Gasteiger charge is -2.23. The van der Waals surface area contributed by atoms with Crippen molar-refractivity contribution in [1.82, 2.24) is 0 Å². The first kappa shape index (κ1) is 23.5. The molecule has 0 saturated carbocycles. The Morgan fingerprint density at radius 2 is 1.16 bits per heavy atom. The molecular weight excluding hydrogens is 404 g/mol. The molecule has 0 aliphatic heterocycles. The van der Waals surface area contributed by atoms with Crippen molar-refractivity contribution in [1.29, 1.82) is 0 Å². The van der Waals surface area contributed by atoms with Crippen molar-refractivity contribution in [2.45, 2.75) is 52.4 Å². The SMILES string of the molecule is CCOc1cc(C(c2ccc(O)c(C(C)C)c2)c2ccc(O)c(C(C)C)c2)ccc1OO. The highest BCUT2D eigenvalue weighted by molar-refractivity contribution is 5.53. The third-order valence-corrected chi connectivity index (χ3v) is 5.71. The molecule has 3 aromatic carbocycles. The van der Waals surface area contributed by atoms with Gasteiger partial charge in [0, 0.05) is 5.92 Å². The smallest absolute Gasteiger partial charge is 0.206 e. The second-order valence-corrected chi connectivity index (χ2v) is 8.61. The van der Waals surface area contributed by atoms with Crippen LogP contribution in [0.1, 0.15) is 80.2 Å². The summed E-state index contributed by atoms with van der Waals surface area (Å²) in [4.78, 5) is 4.49. The van der Waals surface area contributed by atoms with E-state index in [9.17, 15) is 15.5 Å². The topological polar surface area (TPSA) is 79.2 Å². The van der Waals surface area contributed by atoms with E-state index in [-0.39, 0.29) is 35.0 Å². The van der Waals surface area contributed by atoms with Crippen molar-refractivity contribution >= 4 is 0 Å². The molecule has 3 rings (SSSR count). The van der Waals surface area contributed by atoms with Crippen LogP contribution in [0, 0.1) is 0 Å². The van der Waals surface area contributed by atoms with Crippen molar-refractivity contribution in [3.8, 4) is 23.0 Å². The van der Waals surface area contributed by atoms with E-state index in [1.807, 2.05) is 71.0 Å². The van der Waals surface area contributed by atoms with Gasteiger partial charge in [-0.25, -0.2) is 5.26 Å². The van der Waals surface area contributed by atoms with Gasteiger partial charge in [-0.1, -0.05) is 58.0 Å². The van der Waals surface area contributed by atoms with E-state index in [0.29, 0.717) is 12.4 Å². The molecule has 0 heterocycles. The first-order valence-corrected chi connectivity index (χ1v) is 11.0. The van der Waals surface area contributed by atoms with E-state index in [4.69, 9.17) is 4.74 Å². The van der Waals surface area contributed by atoms with Crippen molar-refractivity contribution in [2.24, 2.45) is 0 Å². The molecule has 0 bridgehead atoms. The number of phenols is 2. The van der Waals surface area contributed by atoms with E-state index < -0.39 is 0 Å². The summed E-state index contributed by atoms with van der Waals surface area (Å²) in [7, 11) is 0. The molecule has 0 unspecified atom stereocenters. The monoisotopic (exact) mass is 436 g/mol. The average molecular weight is 437 g/mol.